The standard InChI is InChI=1S/C20H23N5/c1-4-18-7-8-19(15(2)22-18)23-16(3)24-20-13-17(9-10-21-20)14-25-11-5-6-12-25/h1,7-10,13H,5-6,11-12,14H2,2-3H3,(H,21,23,24). The fourth-order valence-electron chi connectivity index (χ4n) is 2.99. The number of amidine groups is 1. The number of rotatable bonds is 4. The van der Waals surface area contributed by atoms with Crippen LogP contribution < -0.4 is 5.32 Å². The molecule has 1 fully saturated rings. The molecular formula is C20H23N5. The molecule has 1 N–H and O–H groups in total. The van der Waals surface area contributed by atoms with Gasteiger partial charge < -0.3 is 5.32 Å². The number of hydrogen-bond donors (Lipinski definition) is 1. The quantitative estimate of drug-likeness (QED) is 0.528. The number of likely N-dealkylation sites (tertiary alicyclic amines) is 1. The van der Waals surface area contributed by atoms with Gasteiger partial charge in [0, 0.05) is 12.7 Å². The summed E-state index contributed by atoms with van der Waals surface area (Å²) in [6.07, 6.45) is 9.80. The Labute approximate surface area is 149 Å². The first-order valence-electron chi connectivity index (χ1n) is 8.58. The Kier molecular flexibility index (Phi) is 5.42. The molecule has 1 saturated heterocycles. The normalized spacial score (nSPS) is 15.2. The van der Waals surface area contributed by atoms with E-state index in [2.05, 4.69) is 43.2 Å². The minimum absolute atomic E-state index is 0.633. The number of aliphatic imine (C=N–C) groups is 1. The van der Waals surface area contributed by atoms with Gasteiger partial charge in [-0.1, -0.05) is 5.92 Å². The van der Waals surface area contributed by atoms with Gasteiger partial charge in [-0.15, -0.1) is 6.42 Å². The highest BCUT2D eigenvalue weighted by atomic mass is 15.1. The van der Waals surface area contributed by atoms with Crippen molar-refractivity contribution < 1.29 is 0 Å². The third kappa shape index (κ3) is 4.65. The lowest BCUT2D eigenvalue weighted by Crippen LogP contribution is -2.18. The summed E-state index contributed by atoms with van der Waals surface area (Å²) in [5, 5.41) is 3.27. The Balaban J connectivity index is 1.70. The molecule has 1 aliphatic rings. The van der Waals surface area contributed by atoms with Gasteiger partial charge in [-0.2, -0.15) is 0 Å². The van der Waals surface area contributed by atoms with Crippen LogP contribution in [0.3, 0.4) is 0 Å². The van der Waals surface area contributed by atoms with E-state index in [4.69, 9.17) is 6.42 Å². The summed E-state index contributed by atoms with van der Waals surface area (Å²) in [5.41, 5.74) is 3.63. The van der Waals surface area contributed by atoms with Crippen molar-refractivity contribution in [2.24, 2.45) is 4.99 Å². The van der Waals surface area contributed by atoms with Gasteiger partial charge >= 0.3 is 0 Å². The first kappa shape index (κ1) is 17.1. The monoisotopic (exact) mass is 333 g/mol. The third-order valence-electron chi connectivity index (χ3n) is 4.25. The molecule has 5 nitrogen and oxygen atoms in total. The van der Waals surface area contributed by atoms with Gasteiger partial charge in [-0.3, -0.25) is 4.90 Å². The van der Waals surface area contributed by atoms with E-state index in [1.807, 2.05) is 32.2 Å². The van der Waals surface area contributed by atoms with Gasteiger partial charge in [-0.05, 0) is 69.6 Å². The van der Waals surface area contributed by atoms with Crippen LogP contribution in [0.15, 0.2) is 35.5 Å². The molecule has 1 aliphatic heterocycles. The van der Waals surface area contributed by atoms with Crippen molar-refractivity contribution in [3.05, 3.63) is 47.4 Å². The van der Waals surface area contributed by atoms with Crippen LogP contribution in [-0.2, 0) is 6.54 Å². The molecule has 0 bridgehead atoms. The summed E-state index contributed by atoms with van der Waals surface area (Å²) in [7, 11) is 0. The number of aromatic nitrogens is 2. The Bertz CT molecular complexity index is 813. The first-order chi connectivity index (χ1) is 12.1. The smallest absolute Gasteiger partial charge is 0.154 e. The number of anilines is 1. The van der Waals surface area contributed by atoms with Crippen molar-refractivity contribution in [3.8, 4) is 12.3 Å². The molecule has 0 radical (unpaired) electrons. The summed E-state index contributed by atoms with van der Waals surface area (Å²) in [5.74, 6) is 4.02. The van der Waals surface area contributed by atoms with Crippen molar-refractivity contribution in [3.63, 3.8) is 0 Å². The highest BCUT2D eigenvalue weighted by Gasteiger charge is 2.12. The van der Waals surface area contributed by atoms with Crippen molar-refractivity contribution >= 4 is 17.3 Å². The minimum Gasteiger partial charge on any atom is -0.342 e. The third-order valence-corrected chi connectivity index (χ3v) is 4.25. The number of nitrogens with zero attached hydrogens (tertiary/aromatic N) is 4. The van der Waals surface area contributed by atoms with Crippen LogP contribution in [0.25, 0.3) is 0 Å². The van der Waals surface area contributed by atoms with Crippen LogP contribution in [-0.4, -0.2) is 33.8 Å². The highest BCUT2D eigenvalue weighted by Crippen LogP contribution is 2.17. The second-order valence-electron chi connectivity index (χ2n) is 6.30. The van der Waals surface area contributed by atoms with E-state index in [0.29, 0.717) is 11.5 Å². The van der Waals surface area contributed by atoms with Gasteiger partial charge in [-0.25, -0.2) is 15.0 Å². The molecule has 0 unspecified atom stereocenters. The molecular weight excluding hydrogens is 310 g/mol. The lowest BCUT2D eigenvalue weighted by atomic mass is 10.2. The average molecular weight is 333 g/mol. The number of terminal acetylenes is 1. The zero-order valence-electron chi connectivity index (χ0n) is 14.8. The van der Waals surface area contributed by atoms with E-state index in [-0.39, 0.29) is 0 Å². The fraction of sp³-hybridized carbons (Fsp3) is 0.350. The van der Waals surface area contributed by atoms with E-state index in [1.54, 1.807) is 0 Å². The zero-order chi connectivity index (χ0) is 17.6. The number of hydrogen-bond acceptors (Lipinski definition) is 4. The van der Waals surface area contributed by atoms with E-state index >= 15 is 0 Å². The zero-order valence-corrected chi connectivity index (χ0v) is 14.8. The Morgan fingerprint density at radius 2 is 2.12 bits per heavy atom. The summed E-state index contributed by atoms with van der Waals surface area (Å²) in [6.45, 7) is 7.17. The molecule has 25 heavy (non-hydrogen) atoms. The van der Waals surface area contributed by atoms with Crippen LogP contribution in [0.2, 0.25) is 0 Å². The molecule has 0 amide bonds. The Hall–Kier alpha value is -2.71. The first-order valence-corrected chi connectivity index (χ1v) is 8.58. The topological polar surface area (TPSA) is 53.4 Å². The predicted molar refractivity (Wildman–Crippen MR) is 102 cm³/mol. The Morgan fingerprint density at radius 3 is 2.84 bits per heavy atom. The van der Waals surface area contributed by atoms with Gasteiger partial charge in [0.15, 0.2) is 5.82 Å². The van der Waals surface area contributed by atoms with E-state index in [9.17, 15) is 0 Å². The lowest BCUT2D eigenvalue weighted by molar-refractivity contribution is 0.331. The van der Waals surface area contributed by atoms with Gasteiger partial charge in [0.2, 0.25) is 0 Å². The molecule has 5 heteroatoms. The highest BCUT2D eigenvalue weighted by molar-refractivity contribution is 5.95. The molecule has 0 atom stereocenters. The van der Waals surface area contributed by atoms with Crippen LogP contribution >= 0.6 is 0 Å². The van der Waals surface area contributed by atoms with Crippen LogP contribution in [0.1, 0.15) is 36.7 Å². The molecule has 0 aliphatic carbocycles. The minimum atomic E-state index is 0.633. The molecule has 0 spiro atoms. The molecule has 2 aromatic rings. The summed E-state index contributed by atoms with van der Waals surface area (Å²) in [4.78, 5) is 15.8. The maximum Gasteiger partial charge on any atom is 0.154 e. The van der Waals surface area contributed by atoms with Crippen molar-refractivity contribution in [2.45, 2.75) is 33.2 Å². The summed E-state index contributed by atoms with van der Waals surface area (Å²) >= 11 is 0. The summed E-state index contributed by atoms with van der Waals surface area (Å²) in [6, 6.07) is 7.86. The fourth-order valence-corrected chi connectivity index (χ4v) is 2.99. The van der Waals surface area contributed by atoms with Crippen molar-refractivity contribution in [1.29, 1.82) is 0 Å². The maximum absolute atomic E-state index is 5.38. The molecule has 0 saturated carbocycles. The number of nitrogens with one attached hydrogen (secondary N) is 1. The molecule has 0 aromatic carbocycles. The van der Waals surface area contributed by atoms with Crippen LogP contribution in [0.5, 0.6) is 0 Å². The van der Waals surface area contributed by atoms with Crippen molar-refractivity contribution in [1.82, 2.24) is 14.9 Å². The van der Waals surface area contributed by atoms with Crippen LogP contribution in [0.4, 0.5) is 11.5 Å². The van der Waals surface area contributed by atoms with Crippen molar-refractivity contribution in [2.75, 3.05) is 18.4 Å². The van der Waals surface area contributed by atoms with E-state index in [0.717, 1.165) is 23.8 Å². The lowest BCUT2D eigenvalue weighted by Gasteiger charge is -2.14. The van der Waals surface area contributed by atoms with E-state index < -0.39 is 0 Å². The van der Waals surface area contributed by atoms with E-state index in [1.165, 1.54) is 31.5 Å². The van der Waals surface area contributed by atoms with Crippen LogP contribution in [0, 0.1) is 19.3 Å². The second kappa shape index (κ2) is 7.91. The second-order valence-corrected chi connectivity index (χ2v) is 6.30. The summed E-state index contributed by atoms with van der Waals surface area (Å²) < 4.78 is 0. The molecule has 2 aromatic heterocycles. The number of aryl methyl sites for hydroxylation is 1. The molecule has 3 rings (SSSR count). The van der Waals surface area contributed by atoms with Gasteiger partial charge in [0.1, 0.15) is 11.5 Å². The molecule has 3 heterocycles. The largest absolute Gasteiger partial charge is 0.342 e. The maximum atomic E-state index is 5.38. The van der Waals surface area contributed by atoms with Gasteiger partial charge in [0.05, 0.1) is 11.4 Å². The molecule has 128 valence electrons. The Morgan fingerprint density at radius 1 is 1.32 bits per heavy atom. The number of pyridine rings is 2. The predicted octanol–water partition coefficient (Wildman–Crippen LogP) is 3.52. The SMILES string of the molecule is C#Cc1ccc(NC(C)=Nc2cc(CN3CCCC3)ccn2)c(C)n1. The average Bonchev–Trinajstić information content (AvgIpc) is 3.10. The van der Waals surface area contributed by atoms with Gasteiger partial charge in [0.25, 0.3) is 0 Å².